The SMILES string of the molecule is CCOC(=O)c1cnn(-c2ccnc3sccc23)c1C(F)(F)F. The lowest BCUT2D eigenvalue weighted by Crippen LogP contribution is -2.18. The molecule has 0 aromatic carbocycles. The number of carbonyl (C=O) groups excluding carboxylic acids is 1. The molecule has 5 nitrogen and oxygen atoms in total. The molecule has 120 valence electrons. The third-order valence-corrected chi connectivity index (χ3v) is 3.93. The van der Waals surface area contributed by atoms with Gasteiger partial charge < -0.3 is 4.74 Å². The van der Waals surface area contributed by atoms with E-state index in [-0.39, 0.29) is 12.3 Å². The van der Waals surface area contributed by atoms with Gasteiger partial charge in [0.05, 0.1) is 18.5 Å². The van der Waals surface area contributed by atoms with Crippen LogP contribution in [0.15, 0.2) is 29.9 Å². The predicted molar refractivity (Wildman–Crippen MR) is 77.7 cm³/mol. The van der Waals surface area contributed by atoms with Crippen LogP contribution in [0.3, 0.4) is 0 Å². The lowest BCUT2D eigenvalue weighted by Gasteiger charge is -2.13. The maximum absolute atomic E-state index is 13.5. The average Bonchev–Trinajstić information content (AvgIpc) is 3.13. The largest absolute Gasteiger partial charge is 0.462 e. The third-order valence-electron chi connectivity index (χ3n) is 3.11. The highest BCUT2D eigenvalue weighted by molar-refractivity contribution is 7.16. The lowest BCUT2D eigenvalue weighted by molar-refractivity contribution is -0.143. The van der Waals surface area contributed by atoms with Crippen LogP contribution in [-0.4, -0.2) is 27.3 Å². The molecule has 0 unspecified atom stereocenters. The van der Waals surface area contributed by atoms with Gasteiger partial charge in [-0.3, -0.25) is 0 Å². The minimum Gasteiger partial charge on any atom is -0.462 e. The lowest BCUT2D eigenvalue weighted by atomic mass is 10.2. The molecule has 0 spiro atoms. The van der Waals surface area contributed by atoms with Crippen molar-refractivity contribution in [2.24, 2.45) is 0 Å². The Morgan fingerprint density at radius 2 is 2.17 bits per heavy atom. The van der Waals surface area contributed by atoms with Crippen LogP contribution >= 0.6 is 11.3 Å². The average molecular weight is 341 g/mol. The summed E-state index contributed by atoms with van der Waals surface area (Å²) in [6.07, 6.45) is -2.48. The molecule has 3 heterocycles. The zero-order valence-electron chi connectivity index (χ0n) is 11.8. The van der Waals surface area contributed by atoms with Crippen molar-refractivity contribution in [3.8, 4) is 5.69 Å². The second-order valence-corrected chi connectivity index (χ2v) is 5.40. The van der Waals surface area contributed by atoms with Gasteiger partial charge in [0, 0.05) is 11.6 Å². The summed E-state index contributed by atoms with van der Waals surface area (Å²) in [5.41, 5.74) is -1.56. The number of ether oxygens (including phenoxy) is 1. The van der Waals surface area contributed by atoms with Gasteiger partial charge in [-0.2, -0.15) is 18.3 Å². The highest BCUT2D eigenvalue weighted by Gasteiger charge is 2.41. The van der Waals surface area contributed by atoms with Gasteiger partial charge in [-0.1, -0.05) is 0 Å². The van der Waals surface area contributed by atoms with E-state index in [0.29, 0.717) is 14.9 Å². The summed E-state index contributed by atoms with van der Waals surface area (Å²) in [7, 11) is 0. The Morgan fingerprint density at radius 3 is 2.87 bits per heavy atom. The molecular weight excluding hydrogens is 331 g/mol. The molecule has 23 heavy (non-hydrogen) atoms. The number of halogens is 3. The number of thiophene rings is 1. The van der Waals surface area contributed by atoms with Crippen molar-refractivity contribution in [3.63, 3.8) is 0 Å². The summed E-state index contributed by atoms with van der Waals surface area (Å²) in [4.78, 5) is 16.5. The number of esters is 1. The van der Waals surface area contributed by atoms with Gasteiger partial charge in [0.25, 0.3) is 0 Å². The molecule has 0 atom stereocenters. The Kier molecular flexibility index (Phi) is 3.80. The topological polar surface area (TPSA) is 57.0 Å². The van der Waals surface area contributed by atoms with Gasteiger partial charge in [0.2, 0.25) is 0 Å². The maximum Gasteiger partial charge on any atom is 0.434 e. The van der Waals surface area contributed by atoms with Gasteiger partial charge in [0.15, 0.2) is 5.69 Å². The molecule has 0 radical (unpaired) electrons. The zero-order chi connectivity index (χ0) is 16.6. The molecule has 3 aromatic heterocycles. The molecular formula is C14H10F3N3O2S. The summed E-state index contributed by atoms with van der Waals surface area (Å²) >= 11 is 1.31. The van der Waals surface area contributed by atoms with Crippen molar-refractivity contribution in [2.45, 2.75) is 13.1 Å². The number of alkyl halides is 3. The number of rotatable bonds is 3. The molecule has 0 bridgehead atoms. The number of hydrogen-bond donors (Lipinski definition) is 0. The first-order valence-corrected chi connectivity index (χ1v) is 7.46. The van der Waals surface area contributed by atoms with Crippen LogP contribution < -0.4 is 0 Å². The molecule has 0 aliphatic carbocycles. The Hall–Kier alpha value is -2.42. The molecule has 0 aliphatic rings. The van der Waals surface area contributed by atoms with E-state index < -0.39 is 23.4 Å². The van der Waals surface area contributed by atoms with E-state index in [9.17, 15) is 18.0 Å². The minimum atomic E-state index is -4.76. The Labute approximate surface area is 132 Å². The number of aromatic nitrogens is 3. The number of carbonyl (C=O) groups is 1. The highest BCUT2D eigenvalue weighted by atomic mass is 32.1. The minimum absolute atomic E-state index is 0.0225. The van der Waals surface area contributed by atoms with Crippen molar-refractivity contribution in [2.75, 3.05) is 6.61 Å². The summed E-state index contributed by atoms with van der Waals surface area (Å²) in [6, 6.07) is 3.08. The van der Waals surface area contributed by atoms with E-state index in [1.54, 1.807) is 11.4 Å². The van der Waals surface area contributed by atoms with Crippen molar-refractivity contribution in [3.05, 3.63) is 41.2 Å². The Bertz CT molecular complexity index is 870. The van der Waals surface area contributed by atoms with Gasteiger partial charge in [-0.15, -0.1) is 11.3 Å². The molecule has 9 heteroatoms. The summed E-state index contributed by atoms with van der Waals surface area (Å²) in [5, 5.41) is 6.01. The number of nitrogens with zero attached hydrogens (tertiary/aromatic N) is 3. The van der Waals surface area contributed by atoms with Crippen LogP contribution in [0.2, 0.25) is 0 Å². The first-order chi connectivity index (χ1) is 10.9. The smallest absolute Gasteiger partial charge is 0.434 e. The van der Waals surface area contributed by atoms with Crippen LogP contribution in [-0.2, 0) is 10.9 Å². The summed E-state index contributed by atoms with van der Waals surface area (Å²) in [6.45, 7) is 1.50. The van der Waals surface area contributed by atoms with Crippen molar-refractivity contribution >= 4 is 27.5 Å². The van der Waals surface area contributed by atoms with E-state index in [1.807, 2.05) is 0 Å². The van der Waals surface area contributed by atoms with Gasteiger partial charge >= 0.3 is 12.1 Å². The molecule has 0 N–H and O–H groups in total. The van der Waals surface area contributed by atoms with Crippen LogP contribution in [0, 0.1) is 0 Å². The van der Waals surface area contributed by atoms with Gasteiger partial charge in [-0.25, -0.2) is 14.5 Å². The third kappa shape index (κ3) is 2.67. The second kappa shape index (κ2) is 5.65. The number of hydrogen-bond acceptors (Lipinski definition) is 5. The van der Waals surface area contributed by atoms with Crippen LogP contribution in [0.1, 0.15) is 23.0 Å². The second-order valence-electron chi connectivity index (χ2n) is 4.51. The fraction of sp³-hybridized carbons (Fsp3) is 0.214. The van der Waals surface area contributed by atoms with E-state index in [0.717, 1.165) is 6.20 Å². The van der Waals surface area contributed by atoms with Crippen molar-refractivity contribution < 1.29 is 22.7 Å². The fourth-order valence-corrected chi connectivity index (χ4v) is 2.96. The van der Waals surface area contributed by atoms with E-state index >= 15 is 0 Å². The van der Waals surface area contributed by atoms with E-state index in [4.69, 9.17) is 0 Å². The summed E-state index contributed by atoms with van der Waals surface area (Å²) < 4.78 is 45.8. The normalized spacial score (nSPS) is 11.8. The molecule has 0 saturated carbocycles. The van der Waals surface area contributed by atoms with Crippen molar-refractivity contribution in [1.82, 2.24) is 14.8 Å². The van der Waals surface area contributed by atoms with Crippen LogP contribution in [0.25, 0.3) is 15.9 Å². The molecule has 0 fully saturated rings. The fourth-order valence-electron chi connectivity index (χ4n) is 2.21. The molecule has 3 rings (SSSR count). The molecule has 0 amide bonds. The van der Waals surface area contributed by atoms with Gasteiger partial charge in [0.1, 0.15) is 10.4 Å². The quantitative estimate of drug-likeness (QED) is 0.682. The monoisotopic (exact) mass is 341 g/mol. The van der Waals surface area contributed by atoms with E-state index in [2.05, 4.69) is 14.8 Å². The van der Waals surface area contributed by atoms with E-state index in [1.165, 1.54) is 30.5 Å². The Morgan fingerprint density at radius 1 is 1.39 bits per heavy atom. The molecule has 0 aliphatic heterocycles. The van der Waals surface area contributed by atoms with Crippen LogP contribution in [0.4, 0.5) is 13.2 Å². The molecule has 3 aromatic rings. The summed E-state index contributed by atoms with van der Waals surface area (Å²) in [5.74, 6) is -1.05. The Balaban J connectivity index is 2.24. The first-order valence-electron chi connectivity index (χ1n) is 6.58. The standard InChI is InChI=1S/C14H10F3N3O2S/c1-2-22-13(21)9-7-19-20(11(9)14(15,16)17)10-3-5-18-12-8(10)4-6-23-12/h3-7H,2H2,1H3. The molecule has 0 saturated heterocycles. The van der Waals surface area contributed by atoms with Crippen LogP contribution in [0.5, 0.6) is 0 Å². The number of pyridine rings is 1. The first kappa shape index (κ1) is 15.5. The maximum atomic E-state index is 13.5. The van der Waals surface area contributed by atoms with Gasteiger partial charge in [-0.05, 0) is 24.4 Å². The predicted octanol–water partition coefficient (Wildman–Crippen LogP) is 3.68. The zero-order valence-corrected chi connectivity index (χ0v) is 12.6. The highest BCUT2D eigenvalue weighted by Crippen LogP contribution is 2.35. The van der Waals surface area contributed by atoms with Crippen molar-refractivity contribution in [1.29, 1.82) is 0 Å². The number of fused-ring (bicyclic) bond motifs is 1.